The van der Waals surface area contributed by atoms with Gasteiger partial charge in [0.1, 0.15) is 11.6 Å². The van der Waals surface area contributed by atoms with Crippen LogP contribution in [0.3, 0.4) is 0 Å². The summed E-state index contributed by atoms with van der Waals surface area (Å²) in [7, 11) is 0. The van der Waals surface area contributed by atoms with Gasteiger partial charge in [-0.2, -0.15) is 0 Å². The molecule has 0 radical (unpaired) electrons. The predicted molar refractivity (Wildman–Crippen MR) is 112 cm³/mol. The normalized spacial score (nSPS) is 15.9. The van der Waals surface area contributed by atoms with Crippen molar-refractivity contribution in [3.8, 4) is 0 Å². The topological polar surface area (TPSA) is 84.1 Å². The van der Waals surface area contributed by atoms with Gasteiger partial charge in [-0.3, -0.25) is 4.79 Å². The number of nitrogens with one attached hydrogen (secondary N) is 2. The molecule has 0 saturated heterocycles. The van der Waals surface area contributed by atoms with Crippen molar-refractivity contribution in [2.24, 2.45) is 5.92 Å². The number of aromatic nitrogens is 2. The number of carbonyl (C=O) groups excluding carboxylic acids is 1. The maximum absolute atomic E-state index is 14.0. The molecule has 0 aliphatic carbocycles. The van der Waals surface area contributed by atoms with Crippen molar-refractivity contribution in [1.29, 1.82) is 0 Å². The van der Waals surface area contributed by atoms with E-state index in [0.717, 1.165) is 5.75 Å². The van der Waals surface area contributed by atoms with E-state index >= 15 is 0 Å². The lowest BCUT2D eigenvalue weighted by Crippen LogP contribution is -2.31. The third-order valence-corrected chi connectivity index (χ3v) is 5.75. The number of nitrogens with zero attached hydrogens (tertiary/aromatic N) is 1. The van der Waals surface area contributed by atoms with Crippen LogP contribution in [0.25, 0.3) is 0 Å². The molecule has 0 saturated carbocycles. The molecule has 0 fully saturated rings. The van der Waals surface area contributed by atoms with E-state index in [2.05, 4.69) is 29.1 Å². The molecular formula is C21H24FN3O3S. The Bertz CT molecular complexity index is 1020. The summed E-state index contributed by atoms with van der Waals surface area (Å²) in [6, 6.07) is 5.89. The molecule has 1 aliphatic rings. The maximum Gasteiger partial charge on any atom is 0.336 e. The molecular weight excluding hydrogens is 393 g/mol. The van der Waals surface area contributed by atoms with Crippen molar-refractivity contribution >= 4 is 23.5 Å². The van der Waals surface area contributed by atoms with Gasteiger partial charge in [0.2, 0.25) is 0 Å². The van der Waals surface area contributed by atoms with E-state index in [0.29, 0.717) is 28.2 Å². The summed E-state index contributed by atoms with van der Waals surface area (Å²) in [5.41, 5.74) is 1.21. The summed E-state index contributed by atoms with van der Waals surface area (Å²) < 4.78 is 19.2. The average molecular weight is 418 g/mol. The molecule has 0 amide bonds. The highest BCUT2D eigenvalue weighted by atomic mass is 32.2. The van der Waals surface area contributed by atoms with Gasteiger partial charge in [0.15, 0.2) is 5.16 Å². The maximum atomic E-state index is 14.0. The van der Waals surface area contributed by atoms with Gasteiger partial charge in [0, 0.05) is 11.4 Å². The number of ether oxygens (including phenoxy) is 1. The molecule has 1 aliphatic heterocycles. The minimum absolute atomic E-state index is 0.192. The Morgan fingerprint density at radius 2 is 2.14 bits per heavy atom. The second-order valence-electron chi connectivity index (χ2n) is 7.21. The fourth-order valence-electron chi connectivity index (χ4n) is 3.24. The summed E-state index contributed by atoms with van der Waals surface area (Å²) >= 11 is 1.46. The molecule has 3 rings (SSSR count). The zero-order chi connectivity index (χ0) is 21.1. The molecule has 8 heteroatoms. The molecule has 6 nitrogen and oxygen atoms in total. The number of hydrogen-bond acceptors (Lipinski definition) is 6. The molecule has 154 valence electrons. The molecule has 0 bridgehead atoms. The van der Waals surface area contributed by atoms with Crippen LogP contribution >= 0.6 is 11.8 Å². The summed E-state index contributed by atoms with van der Waals surface area (Å²) in [6.07, 6.45) is 0. The van der Waals surface area contributed by atoms with Gasteiger partial charge >= 0.3 is 5.97 Å². The van der Waals surface area contributed by atoms with Gasteiger partial charge < -0.3 is 15.0 Å². The van der Waals surface area contributed by atoms with Crippen LogP contribution in [0.4, 0.5) is 10.2 Å². The molecule has 1 aromatic carbocycles. The average Bonchev–Trinajstić information content (AvgIpc) is 2.65. The number of thioether (sulfide) groups is 1. The van der Waals surface area contributed by atoms with Crippen LogP contribution in [0.5, 0.6) is 0 Å². The van der Waals surface area contributed by atoms with Crippen molar-refractivity contribution in [2.75, 3.05) is 17.7 Å². The fraction of sp³-hybridized carbons (Fsp3) is 0.381. The van der Waals surface area contributed by atoms with Gasteiger partial charge in [0.05, 0.1) is 23.7 Å². The number of allylic oxidation sites excluding steroid dienone is 1. The van der Waals surface area contributed by atoms with E-state index in [9.17, 15) is 14.0 Å². The van der Waals surface area contributed by atoms with E-state index in [1.165, 1.54) is 23.9 Å². The number of halogens is 1. The highest BCUT2D eigenvalue weighted by Crippen LogP contribution is 2.40. The first-order valence-corrected chi connectivity index (χ1v) is 10.5. The first-order valence-electron chi connectivity index (χ1n) is 9.49. The lowest BCUT2D eigenvalue weighted by Gasteiger charge is -2.28. The van der Waals surface area contributed by atoms with E-state index in [4.69, 9.17) is 4.74 Å². The minimum atomic E-state index is -0.776. The molecule has 2 aromatic rings. The molecule has 29 heavy (non-hydrogen) atoms. The van der Waals surface area contributed by atoms with Crippen LogP contribution in [0.2, 0.25) is 0 Å². The van der Waals surface area contributed by atoms with E-state index in [1.807, 2.05) is 0 Å². The number of anilines is 1. The monoisotopic (exact) mass is 417 g/mol. The van der Waals surface area contributed by atoms with E-state index in [1.54, 1.807) is 26.0 Å². The molecule has 1 aromatic heterocycles. The van der Waals surface area contributed by atoms with Crippen molar-refractivity contribution < 1.29 is 13.9 Å². The highest BCUT2D eigenvalue weighted by Gasteiger charge is 2.36. The van der Waals surface area contributed by atoms with Crippen LogP contribution in [-0.4, -0.2) is 28.3 Å². The quantitative estimate of drug-likeness (QED) is 0.419. The van der Waals surface area contributed by atoms with Crippen LogP contribution in [0, 0.1) is 11.7 Å². The number of hydrogen-bond donors (Lipinski definition) is 2. The number of esters is 1. The van der Waals surface area contributed by atoms with Gasteiger partial charge in [0.25, 0.3) is 5.56 Å². The summed E-state index contributed by atoms with van der Waals surface area (Å²) in [5.74, 6) is -0.155. The smallest absolute Gasteiger partial charge is 0.336 e. The summed E-state index contributed by atoms with van der Waals surface area (Å²) in [6.45, 7) is 7.80. The van der Waals surface area contributed by atoms with Crippen molar-refractivity contribution in [1.82, 2.24) is 9.97 Å². The van der Waals surface area contributed by atoms with E-state index < -0.39 is 17.7 Å². The largest absolute Gasteiger partial charge is 0.463 e. The lowest BCUT2D eigenvalue weighted by molar-refractivity contribution is -0.138. The van der Waals surface area contributed by atoms with Gasteiger partial charge in [-0.1, -0.05) is 37.7 Å². The Morgan fingerprint density at radius 1 is 1.38 bits per heavy atom. The number of fused-ring (bicyclic) bond motifs is 1. The molecule has 1 atom stereocenters. The first-order chi connectivity index (χ1) is 13.8. The van der Waals surface area contributed by atoms with Crippen LogP contribution < -0.4 is 10.9 Å². The van der Waals surface area contributed by atoms with Crippen molar-refractivity contribution in [2.45, 2.75) is 38.8 Å². The number of carbonyl (C=O) groups is 1. The third-order valence-electron chi connectivity index (χ3n) is 4.45. The number of benzene rings is 1. The molecule has 0 unspecified atom stereocenters. The van der Waals surface area contributed by atoms with Crippen molar-refractivity contribution in [3.05, 3.63) is 62.8 Å². The Hall–Kier alpha value is -2.61. The van der Waals surface area contributed by atoms with Crippen molar-refractivity contribution in [3.63, 3.8) is 0 Å². The fourth-order valence-corrected chi connectivity index (χ4v) is 4.06. The highest BCUT2D eigenvalue weighted by molar-refractivity contribution is 7.99. The van der Waals surface area contributed by atoms with Crippen LogP contribution in [0.15, 0.2) is 45.5 Å². The predicted octanol–water partition coefficient (Wildman–Crippen LogP) is 4.05. The Morgan fingerprint density at radius 3 is 2.79 bits per heavy atom. The lowest BCUT2D eigenvalue weighted by atomic mass is 9.82. The van der Waals surface area contributed by atoms with Gasteiger partial charge in [-0.05, 0) is 37.5 Å². The Balaban J connectivity index is 2.16. The van der Waals surface area contributed by atoms with Crippen LogP contribution in [0.1, 0.15) is 44.7 Å². The van der Waals surface area contributed by atoms with Crippen LogP contribution in [-0.2, 0) is 9.53 Å². The molecule has 2 heterocycles. The third kappa shape index (κ3) is 4.53. The number of H-pyrrole nitrogens is 1. The second kappa shape index (κ2) is 8.82. The van der Waals surface area contributed by atoms with Gasteiger partial charge in [-0.25, -0.2) is 14.2 Å². The first kappa shape index (κ1) is 21.1. The summed E-state index contributed by atoms with van der Waals surface area (Å²) in [4.78, 5) is 33.1. The zero-order valence-corrected chi connectivity index (χ0v) is 17.7. The Kier molecular flexibility index (Phi) is 6.42. The van der Waals surface area contributed by atoms with E-state index in [-0.39, 0.29) is 23.3 Å². The number of aromatic amines is 1. The molecule has 0 spiro atoms. The van der Waals surface area contributed by atoms with Gasteiger partial charge in [-0.15, -0.1) is 0 Å². The Labute approximate surface area is 173 Å². The standard InChI is InChI=1S/C21H24FN3O3S/c1-5-28-20(27)15-12(4)23-18-17(16(15)13-7-6-8-14(22)9-13)19(26)25-21(24-18)29-10-11(2)3/h6-9,11,16H,5,10H2,1-4H3,(H2,23,24,25,26)/t16-/m1/s1. The number of rotatable bonds is 6. The minimum Gasteiger partial charge on any atom is -0.463 e. The zero-order valence-electron chi connectivity index (χ0n) is 16.8. The summed E-state index contributed by atoms with van der Waals surface area (Å²) in [5, 5.41) is 3.57. The SMILES string of the molecule is CCOC(=O)C1=C(C)Nc2nc(SCC(C)C)[nH]c(=O)c2[C@@H]1c1cccc(F)c1. The second-order valence-corrected chi connectivity index (χ2v) is 8.22. The molecule has 2 N–H and O–H groups in total.